The normalized spacial score (nSPS) is 21.1. The Balaban J connectivity index is 1.60. The van der Waals surface area contributed by atoms with E-state index in [1.807, 2.05) is 12.1 Å². The maximum absolute atomic E-state index is 13.2. The van der Waals surface area contributed by atoms with Gasteiger partial charge in [0.2, 0.25) is 0 Å². The average molecular weight is 460 g/mol. The van der Waals surface area contributed by atoms with Crippen molar-refractivity contribution in [1.82, 2.24) is 4.90 Å². The Morgan fingerprint density at radius 2 is 1.62 bits per heavy atom. The minimum Gasteiger partial charge on any atom is -0.478 e. The Labute approximate surface area is 199 Å². The van der Waals surface area contributed by atoms with Crippen molar-refractivity contribution in [3.63, 3.8) is 0 Å². The first-order valence-corrected chi connectivity index (χ1v) is 11.3. The number of carbonyl (C=O) groups is 3. The third-order valence-corrected chi connectivity index (χ3v) is 7.07. The summed E-state index contributed by atoms with van der Waals surface area (Å²) in [6.07, 6.45) is 5.16. The van der Waals surface area contributed by atoms with Crippen molar-refractivity contribution >= 4 is 23.4 Å². The zero-order chi connectivity index (χ0) is 24.7. The summed E-state index contributed by atoms with van der Waals surface area (Å²) in [5.74, 6) is -1.57. The number of hydrogen-bond donors (Lipinski definition) is 1. The lowest BCUT2D eigenvalue weighted by atomic mass is 9.58. The van der Waals surface area contributed by atoms with E-state index >= 15 is 0 Å². The molecule has 1 atom stereocenters. The number of benzene rings is 2. The lowest BCUT2D eigenvalue weighted by Crippen LogP contribution is -2.48. The number of fused-ring (bicyclic) bond motifs is 1. The minimum absolute atomic E-state index is 0.106. The number of esters is 1. The van der Waals surface area contributed by atoms with Crippen molar-refractivity contribution < 1.29 is 24.2 Å². The highest BCUT2D eigenvalue weighted by molar-refractivity contribution is 5.97. The van der Waals surface area contributed by atoms with Crippen LogP contribution < -0.4 is 0 Å². The second-order valence-corrected chi connectivity index (χ2v) is 9.77. The highest BCUT2D eigenvalue weighted by atomic mass is 16.5. The summed E-state index contributed by atoms with van der Waals surface area (Å²) in [4.78, 5) is 38.1. The van der Waals surface area contributed by atoms with Gasteiger partial charge in [-0.3, -0.25) is 4.79 Å². The molecule has 0 radical (unpaired) electrons. The second-order valence-electron chi connectivity index (χ2n) is 9.77. The fourth-order valence-electron chi connectivity index (χ4n) is 5.44. The van der Waals surface area contributed by atoms with Gasteiger partial charge in [0.25, 0.3) is 5.91 Å². The van der Waals surface area contributed by atoms with E-state index in [9.17, 15) is 19.5 Å². The molecule has 0 saturated carbocycles. The van der Waals surface area contributed by atoms with Crippen LogP contribution in [0.5, 0.6) is 0 Å². The van der Waals surface area contributed by atoms with Crippen LogP contribution in [0.15, 0.2) is 66.3 Å². The summed E-state index contributed by atoms with van der Waals surface area (Å²) in [7, 11) is 1.37. The molecule has 4 rings (SSSR count). The molecule has 0 spiro atoms. The van der Waals surface area contributed by atoms with E-state index < -0.39 is 5.97 Å². The number of carboxylic acids is 1. The van der Waals surface area contributed by atoms with Crippen molar-refractivity contribution in [2.24, 2.45) is 10.8 Å². The van der Waals surface area contributed by atoms with Gasteiger partial charge in [-0.05, 0) is 47.9 Å². The highest BCUT2D eigenvalue weighted by Gasteiger charge is 2.46. The van der Waals surface area contributed by atoms with Crippen molar-refractivity contribution in [2.45, 2.75) is 27.2 Å². The van der Waals surface area contributed by atoms with E-state index in [2.05, 4.69) is 32.9 Å². The molecule has 1 aliphatic carbocycles. The fraction of sp³-hybridized carbons (Fsp3) is 0.321. The zero-order valence-electron chi connectivity index (χ0n) is 19.9. The van der Waals surface area contributed by atoms with Crippen LogP contribution in [0.1, 0.15) is 63.8 Å². The monoisotopic (exact) mass is 459 g/mol. The zero-order valence-corrected chi connectivity index (χ0v) is 19.9. The van der Waals surface area contributed by atoms with Crippen molar-refractivity contribution in [3.8, 4) is 0 Å². The molecule has 1 aliphatic heterocycles. The number of carbonyl (C=O) groups excluding carboxylic acids is 2. The molecular formula is C28H29NO5. The van der Waals surface area contributed by atoms with E-state index in [-0.39, 0.29) is 28.3 Å². The Bertz CT molecular complexity index is 1220. The second kappa shape index (κ2) is 8.60. The third kappa shape index (κ3) is 4.04. The lowest BCUT2D eigenvalue weighted by molar-refractivity contribution is 0.0599. The molecular weight excluding hydrogens is 430 g/mol. The van der Waals surface area contributed by atoms with Crippen LogP contribution in [0.3, 0.4) is 0 Å². The maximum atomic E-state index is 13.2. The summed E-state index contributed by atoms with van der Waals surface area (Å²) in [5.41, 5.74) is 4.08. The number of methoxy groups -OCH3 is 1. The number of rotatable bonds is 4. The maximum Gasteiger partial charge on any atom is 0.337 e. The Morgan fingerprint density at radius 1 is 0.941 bits per heavy atom. The molecule has 0 aromatic heterocycles. The average Bonchev–Trinajstić information content (AvgIpc) is 2.82. The number of aromatic carboxylic acids is 1. The largest absolute Gasteiger partial charge is 0.478 e. The smallest absolute Gasteiger partial charge is 0.337 e. The summed E-state index contributed by atoms with van der Waals surface area (Å²) >= 11 is 0. The van der Waals surface area contributed by atoms with Crippen LogP contribution in [0.25, 0.3) is 5.57 Å². The molecule has 1 heterocycles. The van der Waals surface area contributed by atoms with Gasteiger partial charge < -0.3 is 14.7 Å². The van der Waals surface area contributed by atoms with Gasteiger partial charge in [0.15, 0.2) is 0 Å². The molecule has 6 heteroatoms. The molecule has 2 aliphatic rings. The van der Waals surface area contributed by atoms with Gasteiger partial charge in [0.1, 0.15) is 0 Å². The Hall–Kier alpha value is -3.67. The molecule has 1 N–H and O–H groups in total. The quantitative estimate of drug-likeness (QED) is 0.510. The first-order valence-electron chi connectivity index (χ1n) is 11.3. The van der Waals surface area contributed by atoms with Gasteiger partial charge in [-0.2, -0.15) is 0 Å². The molecule has 1 amide bonds. The number of allylic oxidation sites excluding steroid dienone is 2. The van der Waals surface area contributed by atoms with E-state index in [1.165, 1.54) is 30.4 Å². The predicted molar refractivity (Wildman–Crippen MR) is 130 cm³/mol. The van der Waals surface area contributed by atoms with Crippen molar-refractivity contribution in [1.29, 1.82) is 0 Å². The molecule has 0 bridgehead atoms. The number of carboxylic acid groups (broad SMARTS) is 1. The first kappa shape index (κ1) is 23.5. The predicted octanol–water partition coefficient (Wildman–Crippen LogP) is 5.07. The van der Waals surface area contributed by atoms with Gasteiger partial charge in [0.05, 0.1) is 18.2 Å². The molecule has 0 fully saturated rings. The van der Waals surface area contributed by atoms with Gasteiger partial charge in [0, 0.05) is 29.5 Å². The summed E-state index contributed by atoms with van der Waals surface area (Å²) < 4.78 is 4.80. The van der Waals surface area contributed by atoms with E-state index in [0.29, 0.717) is 24.2 Å². The molecule has 2 aromatic rings. The number of amides is 1. The fourth-order valence-corrected chi connectivity index (χ4v) is 5.44. The van der Waals surface area contributed by atoms with Crippen molar-refractivity contribution in [3.05, 3.63) is 88.5 Å². The molecule has 176 valence electrons. The standard InChI is InChI=1S/C28H29NO5/c1-27(2)22(18-8-10-19(11-9-18)26(33)34-4)12-14-28(3)17-29(15-13-23(27)28)24(30)20-6-5-7-21(16-20)25(31)32/h5-13,16H,14-15,17H2,1-4H3,(H,31,32)/t28-/m1/s1. The number of ether oxygens (including phenoxy) is 1. The van der Waals surface area contributed by atoms with Gasteiger partial charge in [-0.1, -0.05) is 56.7 Å². The summed E-state index contributed by atoms with van der Waals surface area (Å²) in [6.45, 7) is 7.61. The van der Waals surface area contributed by atoms with Crippen LogP contribution in [0.4, 0.5) is 0 Å². The van der Waals surface area contributed by atoms with E-state index in [0.717, 1.165) is 12.0 Å². The topological polar surface area (TPSA) is 83.9 Å². The molecule has 0 saturated heterocycles. The van der Waals surface area contributed by atoms with Crippen LogP contribution in [0.2, 0.25) is 0 Å². The van der Waals surface area contributed by atoms with Gasteiger partial charge in [-0.25, -0.2) is 9.59 Å². The van der Waals surface area contributed by atoms with Crippen LogP contribution in [-0.4, -0.2) is 48.1 Å². The highest BCUT2D eigenvalue weighted by Crippen LogP contribution is 2.55. The van der Waals surface area contributed by atoms with E-state index in [1.54, 1.807) is 29.2 Å². The number of nitrogens with zero attached hydrogens (tertiary/aromatic N) is 1. The Morgan fingerprint density at radius 3 is 2.26 bits per heavy atom. The van der Waals surface area contributed by atoms with Gasteiger partial charge >= 0.3 is 11.9 Å². The lowest BCUT2D eigenvalue weighted by Gasteiger charge is -2.50. The van der Waals surface area contributed by atoms with Crippen LogP contribution >= 0.6 is 0 Å². The first-order chi connectivity index (χ1) is 16.1. The van der Waals surface area contributed by atoms with Crippen LogP contribution in [-0.2, 0) is 4.74 Å². The van der Waals surface area contributed by atoms with Crippen LogP contribution in [0, 0.1) is 10.8 Å². The van der Waals surface area contributed by atoms with E-state index in [4.69, 9.17) is 4.74 Å². The number of hydrogen-bond acceptors (Lipinski definition) is 4. The summed E-state index contributed by atoms with van der Waals surface area (Å²) in [6, 6.07) is 13.7. The summed E-state index contributed by atoms with van der Waals surface area (Å²) in [5, 5.41) is 9.26. The third-order valence-electron chi connectivity index (χ3n) is 7.07. The van der Waals surface area contributed by atoms with Crippen molar-refractivity contribution in [2.75, 3.05) is 20.2 Å². The Kier molecular flexibility index (Phi) is 5.94. The molecule has 0 unspecified atom stereocenters. The molecule has 34 heavy (non-hydrogen) atoms. The SMILES string of the molecule is COC(=O)c1ccc(C2=CC[C@]3(C)CN(C(=O)c4cccc(C(=O)O)c4)CC=C3C2(C)C)cc1. The molecule has 2 aromatic carbocycles. The molecule has 6 nitrogen and oxygen atoms in total. The van der Waals surface area contributed by atoms with Gasteiger partial charge in [-0.15, -0.1) is 0 Å². The minimum atomic E-state index is -1.05.